The number of amides is 1. The third-order valence-electron chi connectivity index (χ3n) is 3.22. The molecule has 1 aromatic rings. The zero-order chi connectivity index (χ0) is 15.1. The molecule has 0 aromatic carbocycles. The van der Waals surface area contributed by atoms with Crippen LogP contribution in [0.1, 0.15) is 51.0 Å². The zero-order valence-corrected chi connectivity index (χ0v) is 13.2. The fraction of sp³-hybridized carbons (Fsp3) is 0.667. The van der Waals surface area contributed by atoms with E-state index in [2.05, 4.69) is 43.0 Å². The van der Waals surface area contributed by atoms with Crippen LogP contribution in [0.2, 0.25) is 0 Å². The van der Waals surface area contributed by atoms with Crippen molar-refractivity contribution in [3.05, 3.63) is 18.1 Å². The second-order valence-corrected chi connectivity index (χ2v) is 5.61. The fourth-order valence-corrected chi connectivity index (χ4v) is 2.00. The molecule has 0 aliphatic heterocycles. The molecule has 5 nitrogen and oxygen atoms in total. The first-order valence-corrected chi connectivity index (χ1v) is 7.28. The molecule has 0 aliphatic carbocycles. The van der Waals surface area contributed by atoms with Crippen molar-refractivity contribution in [3.8, 4) is 0 Å². The molecular formula is C15H26N4O. The van der Waals surface area contributed by atoms with E-state index in [1.54, 1.807) is 17.3 Å². The molecule has 0 fully saturated rings. The molecule has 0 radical (unpaired) electrons. The van der Waals surface area contributed by atoms with Crippen LogP contribution in [0.15, 0.2) is 12.4 Å². The minimum absolute atomic E-state index is 0.0762. The van der Waals surface area contributed by atoms with Crippen molar-refractivity contribution < 1.29 is 4.79 Å². The Morgan fingerprint density at radius 2 is 2.00 bits per heavy atom. The topological polar surface area (TPSA) is 58.1 Å². The Hall–Kier alpha value is -1.65. The average molecular weight is 278 g/mol. The first kappa shape index (κ1) is 16.4. The summed E-state index contributed by atoms with van der Waals surface area (Å²) in [4.78, 5) is 22.5. The van der Waals surface area contributed by atoms with Crippen LogP contribution >= 0.6 is 0 Å². The maximum atomic E-state index is 12.3. The highest BCUT2D eigenvalue weighted by Crippen LogP contribution is 2.12. The lowest BCUT2D eigenvalue weighted by molar-refractivity contribution is 0.0722. The molecule has 1 N–H and O–H groups in total. The van der Waals surface area contributed by atoms with Crippen LogP contribution in [0.25, 0.3) is 0 Å². The van der Waals surface area contributed by atoms with Gasteiger partial charge < -0.3 is 10.2 Å². The molecule has 5 heteroatoms. The highest BCUT2D eigenvalue weighted by Gasteiger charge is 2.19. The second-order valence-electron chi connectivity index (χ2n) is 5.61. The first-order chi connectivity index (χ1) is 9.45. The van der Waals surface area contributed by atoms with E-state index in [0.717, 1.165) is 19.4 Å². The van der Waals surface area contributed by atoms with E-state index >= 15 is 0 Å². The number of carbonyl (C=O) groups excluding carboxylic acids is 1. The molecule has 0 aliphatic rings. The minimum atomic E-state index is -0.0762. The smallest absolute Gasteiger partial charge is 0.274 e. The van der Waals surface area contributed by atoms with Gasteiger partial charge in [0.15, 0.2) is 0 Å². The van der Waals surface area contributed by atoms with Gasteiger partial charge in [-0.1, -0.05) is 20.8 Å². The van der Waals surface area contributed by atoms with Crippen LogP contribution in [0, 0.1) is 5.92 Å². The van der Waals surface area contributed by atoms with Gasteiger partial charge in [-0.05, 0) is 25.7 Å². The van der Waals surface area contributed by atoms with Crippen LogP contribution in [0.3, 0.4) is 0 Å². The highest BCUT2D eigenvalue weighted by atomic mass is 16.2. The normalized spacial score (nSPS) is 12.3. The van der Waals surface area contributed by atoms with Gasteiger partial charge in [0.1, 0.15) is 11.5 Å². The molecule has 0 bridgehead atoms. The van der Waals surface area contributed by atoms with Crippen LogP contribution in [-0.4, -0.2) is 40.4 Å². The van der Waals surface area contributed by atoms with Crippen LogP contribution in [0.5, 0.6) is 0 Å². The summed E-state index contributed by atoms with van der Waals surface area (Å²) in [6.45, 7) is 9.31. The van der Waals surface area contributed by atoms with Gasteiger partial charge in [0.2, 0.25) is 0 Å². The molecule has 1 atom stereocenters. The third-order valence-corrected chi connectivity index (χ3v) is 3.22. The number of aromatic nitrogens is 2. The maximum absolute atomic E-state index is 12.3. The summed E-state index contributed by atoms with van der Waals surface area (Å²) >= 11 is 0. The molecule has 1 amide bonds. The summed E-state index contributed by atoms with van der Waals surface area (Å²) in [6.07, 6.45) is 5.16. The van der Waals surface area contributed by atoms with Gasteiger partial charge >= 0.3 is 0 Å². The second kappa shape index (κ2) is 7.82. The first-order valence-electron chi connectivity index (χ1n) is 7.28. The molecular weight excluding hydrogens is 252 g/mol. The van der Waals surface area contributed by atoms with E-state index in [1.165, 1.54) is 0 Å². The Morgan fingerprint density at radius 3 is 2.50 bits per heavy atom. The number of hydrogen-bond donors (Lipinski definition) is 1. The maximum Gasteiger partial charge on any atom is 0.274 e. The summed E-state index contributed by atoms with van der Waals surface area (Å²) in [5.74, 6) is 1.20. The summed E-state index contributed by atoms with van der Waals surface area (Å²) in [6, 6.07) is 0.196. The van der Waals surface area contributed by atoms with Crippen molar-refractivity contribution in [2.24, 2.45) is 5.92 Å². The van der Waals surface area contributed by atoms with Crippen molar-refractivity contribution in [2.75, 3.05) is 18.9 Å². The van der Waals surface area contributed by atoms with Gasteiger partial charge in [-0.3, -0.25) is 4.79 Å². The monoisotopic (exact) mass is 278 g/mol. The zero-order valence-electron chi connectivity index (χ0n) is 13.2. The molecule has 112 valence electrons. The lowest BCUT2D eigenvalue weighted by Crippen LogP contribution is -2.36. The number of rotatable bonds is 7. The van der Waals surface area contributed by atoms with Gasteiger partial charge in [0.05, 0.1) is 12.4 Å². The SMILES string of the molecule is CCCNc1cnc(C(=O)N(C)C(C)CC(C)C)cn1. The predicted octanol–water partition coefficient (Wildman–Crippen LogP) is 2.81. The molecule has 1 aromatic heterocycles. The Balaban J connectivity index is 2.66. The van der Waals surface area contributed by atoms with E-state index in [-0.39, 0.29) is 11.9 Å². The van der Waals surface area contributed by atoms with E-state index < -0.39 is 0 Å². The van der Waals surface area contributed by atoms with E-state index in [4.69, 9.17) is 0 Å². The summed E-state index contributed by atoms with van der Waals surface area (Å²) in [5, 5.41) is 3.14. The summed E-state index contributed by atoms with van der Waals surface area (Å²) in [7, 11) is 1.82. The van der Waals surface area contributed by atoms with Gasteiger partial charge in [-0.2, -0.15) is 0 Å². The molecule has 0 spiro atoms. The van der Waals surface area contributed by atoms with Crippen molar-refractivity contribution in [1.82, 2.24) is 14.9 Å². The standard InChI is InChI=1S/C15H26N4O/c1-6-7-16-14-10-17-13(9-18-14)15(20)19(5)12(4)8-11(2)3/h9-12H,6-8H2,1-5H3,(H,16,18). The number of carbonyl (C=O) groups is 1. The van der Waals surface area contributed by atoms with Crippen LogP contribution < -0.4 is 5.32 Å². The van der Waals surface area contributed by atoms with Crippen molar-refractivity contribution in [1.29, 1.82) is 0 Å². The predicted molar refractivity (Wildman–Crippen MR) is 81.8 cm³/mol. The Morgan fingerprint density at radius 1 is 1.30 bits per heavy atom. The Bertz CT molecular complexity index is 416. The van der Waals surface area contributed by atoms with Gasteiger partial charge in [-0.25, -0.2) is 9.97 Å². The van der Waals surface area contributed by atoms with Gasteiger partial charge in [-0.15, -0.1) is 0 Å². The van der Waals surface area contributed by atoms with Crippen LogP contribution in [0.4, 0.5) is 5.82 Å². The van der Waals surface area contributed by atoms with E-state index in [9.17, 15) is 4.79 Å². The Kier molecular flexibility index (Phi) is 6.42. The van der Waals surface area contributed by atoms with Crippen molar-refractivity contribution >= 4 is 11.7 Å². The minimum Gasteiger partial charge on any atom is -0.369 e. The quantitative estimate of drug-likeness (QED) is 0.833. The molecule has 1 heterocycles. The third kappa shape index (κ3) is 4.79. The van der Waals surface area contributed by atoms with Gasteiger partial charge in [0.25, 0.3) is 5.91 Å². The lowest BCUT2D eigenvalue weighted by Gasteiger charge is -2.25. The molecule has 0 saturated carbocycles. The number of hydrogen-bond acceptors (Lipinski definition) is 4. The highest BCUT2D eigenvalue weighted by molar-refractivity contribution is 5.92. The van der Waals surface area contributed by atoms with E-state index in [0.29, 0.717) is 17.4 Å². The van der Waals surface area contributed by atoms with E-state index in [1.807, 2.05) is 7.05 Å². The number of anilines is 1. The van der Waals surface area contributed by atoms with Crippen molar-refractivity contribution in [2.45, 2.75) is 46.6 Å². The van der Waals surface area contributed by atoms with Gasteiger partial charge in [0, 0.05) is 19.6 Å². The molecule has 1 unspecified atom stereocenters. The molecule has 0 saturated heterocycles. The Labute approximate surface area is 121 Å². The average Bonchev–Trinajstić information content (AvgIpc) is 2.43. The van der Waals surface area contributed by atoms with Crippen LogP contribution in [-0.2, 0) is 0 Å². The largest absolute Gasteiger partial charge is 0.369 e. The molecule has 1 rings (SSSR count). The lowest BCUT2D eigenvalue weighted by atomic mass is 10.0. The van der Waals surface area contributed by atoms with Crippen molar-refractivity contribution in [3.63, 3.8) is 0 Å². The number of nitrogens with one attached hydrogen (secondary N) is 1. The fourth-order valence-electron chi connectivity index (χ4n) is 2.00. The summed E-state index contributed by atoms with van der Waals surface area (Å²) < 4.78 is 0. The molecule has 20 heavy (non-hydrogen) atoms. The number of nitrogens with zero attached hydrogens (tertiary/aromatic N) is 3. The summed E-state index contributed by atoms with van der Waals surface area (Å²) in [5.41, 5.74) is 0.394.